The Morgan fingerprint density at radius 2 is 0.914 bits per heavy atom. The maximum absolute atomic E-state index is 2.32. The predicted octanol–water partition coefficient (Wildman–Crippen LogP) is 9.90. The van der Waals surface area contributed by atoms with Crippen LogP contribution in [-0.2, 0) is 0 Å². The van der Waals surface area contributed by atoms with Gasteiger partial charge in [-0.2, -0.15) is 0 Å². The van der Waals surface area contributed by atoms with Crippen LogP contribution >= 0.6 is 0 Å². The van der Waals surface area contributed by atoms with Crippen LogP contribution in [0.2, 0.25) is 0 Å². The molecule has 0 saturated heterocycles. The van der Waals surface area contributed by atoms with E-state index >= 15 is 0 Å². The number of benzene rings is 6. The van der Waals surface area contributed by atoms with Gasteiger partial charge in [-0.3, -0.25) is 0 Å². The highest BCUT2D eigenvalue weighted by atomic mass is 14.3. The zero-order valence-corrected chi connectivity index (χ0v) is 20.3. The SMILES string of the molecule is Cc1ccc(-c2c3c(c(-c4ccc(C)cc4)c4c(C)cccc24)-c2cccc4cccc-3c24)cc1. The van der Waals surface area contributed by atoms with Crippen LogP contribution in [0.1, 0.15) is 16.7 Å². The van der Waals surface area contributed by atoms with E-state index in [9.17, 15) is 0 Å². The molecule has 0 radical (unpaired) electrons. The van der Waals surface area contributed by atoms with Gasteiger partial charge < -0.3 is 0 Å². The number of hydrogen-bond donors (Lipinski definition) is 0. The zero-order chi connectivity index (χ0) is 23.7. The molecule has 0 heteroatoms. The van der Waals surface area contributed by atoms with E-state index in [0.717, 1.165) is 0 Å². The standard InChI is InChI=1S/C35H26/c1-21-13-17-25(18-14-21)32-27-10-4-7-23(3)30(27)33(26-19-15-22(2)16-20-26)35-29-12-6-9-24-8-5-11-28(31(24)29)34(32)35/h4-20H,1-3H3. The van der Waals surface area contributed by atoms with Crippen molar-refractivity contribution >= 4 is 21.5 Å². The molecule has 0 bridgehead atoms. The minimum Gasteiger partial charge on any atom is -0.0613 e. The van der Waals surface area contributed by atoms with Gasteiger partial charge in [0.1, 0.15) is 0 Å². The molecule has 0 N–H and O–H groups in total. The second kappa shape index (κ2) is 7.42. The average molecular weight is 447 g/mol. The van der Waals surface area contributed by atoms with Crippen LogP contribution in [0.4, 0.5) is 0 Å². The molecule has 1 aliphatic rings. The molecule has 0 atom stereocenters. The van der Waals surface area contributed by atoms with E-state index in [-0.39, 0.29) is 0 Å². The van der Waals surface area contributed by atoms with E-state index in [2.05, 4.69) is 124 Å². The van der Waals surface area contributed by atoms with Crippen molar-refractivity contribution in [3.63, 3.8) is 0 Å². The Kier molecular flexibility index (Phi) is 4.29. The van der Waals surface area contributed by atoms with Gasteiger partial charge in [-0.25, -0.2) is 0 Å². The minimum atomic E-state index is 1.28. The van der Waals surface area contributed by atoms with Crippen LogP contribution in [0.25, 0.3) is 66.1 Å². The number of fused-ring (bicyclic) bond motifs is 4. The molecule has 0 aromatic heterocycles. The Hall–Kier alpha value is -4.16. The van der Waals surface area contributed by atoms with Gasteiger partial charge in [-0.1, -0.05) is 114 Å². The van der Waals surface area contributed by atoms with E-state index in [1.165, 1.54) is 82.7 Å². The van der Waals surface area contributed by atoms with Gasteiger partial charge in [0.25, 0.3) is 0 Å². The Morgan fingerprint density at radius 1 is 0.400 bits per heavy atom. The van der Waals surface area contributed by atoms with E-state index < -0.39 is 0 Å². The van der Waals surface area contributed by atoms with Crippen molar-refractivity contribution < 1.29 is 0 Å². The molecule has 0 heterocycles. The fourth-order valence-electron chi connectivity index (χ4n) is 6.04. The highest BCUT2D eigenvalue weighted by Gasteiger charge is 2.30. The molecular weight excluding hydrogens is 420 g/mol. The van der Waals surface area contributed by atoms with Gasteiger partial charge in [-0.15, -0.1) is 0 Å². The summed E-state index contributed by atoms with van der Waals surface area (Å²) >= 11 is 0. The summed E-state index contributed by atoms with van der Waals surface area (Å²) < 4.78 is 0. The Balaban J connectivity index is 1.76. The maximum atomic E-state index is 2.32. The minimum absolute atomic E-state index is 1.28. The molecule has 35 heavy (non-hydrogen) atoms. The zero-order valence-electron chi connectivity index (χ0n) is 20.3. The number of aryl methyl sites for hydroxylation is 3. The lowest BCUT2D eigenvalue weighted by Gasteiger charge is -2.22. The molecule has 6 aromatic rings. The molecule has 0 saturated carbocycles. The van der Waals surface area contributed by atoms with E-state index in [4.69, 9.17) is 0 Å². The van der Waals surface area contributed by atoms with Crippen LogP contribution in [0.5, 0.6) is 0 Å². The lowest BCUT2D eigenvalue weighted by atomic mass is 9.81. The van der Waals surface area contributed by atoms with Gasteiger partial charge in [0.15, 0.2) is 0 Å². The quantitative estimate of drug-likeness (QED) is 0.248. The largest absolute Gasteiger partial charge is 0.0613 e. The summed E-state index contributed by atoms with van der Waals surface area (Å²) in [6.07, 6.45) is 0. The molecule has 0 unspecified atom stereocenters. The summed E-state index contributed by atoms with van der Waals surface area (Å²) in [6, 6.07) is 38.5. The van der Waals surface area contributed by atoms with Crippen molar-refractivity contribution in [2.45, 2.75) is 20.8 Å². The first kappa shape index (κ1) is 20.2. The van der Waals surface area contributed by atoms with Crippen LogP contribution < -0.4 is 0 Å². The molecule has 7 rings (SSSR count). The average Bonchev–Trinajstić information content (AvgIpc) is 3.20. The normalized spacial score (nSPS) is 11.9. The molecule has 0 spiro atoms. The highest BCUT2D eigenvalue weighted by Crippen LogP contribution is 2.57. The second-order valence-corrected chi connectivity index (χ2v) is 9.94. The van der Waals surface area contributed by atoms with Crippen LogP contribution in [0.15, 0.2) is 103 Å². The number of hydrogen-bond acceptors (Lipinski definition) is 0. The summed E-state index contributed by atoms with van der Waals surface area (Å²) in [5, 5.41) is 5.37. The van der Waals surface area contributed by atoms with Gasteiger partial charge in [0.2, 0.25) is 0 Å². The summed E-state index contributed by atoms with van der Waals surface area (Å²) in [7, 11) is 0. The van der Waals surface area contributed by atoms with E-state index in [1.54, 1.807) is 0 Å². The third-order valence-corrected chi connectivity index (χ3v) is 7.67. The van der Waals surface area contributed by atoms with Gasteiger partial charge in [0, 0.05) is 0 Å². The molecule has 1 aliphatic carbocycles. The fraction of sp³-hybridized carbons (Fsp3) is 0.0857. The van der Waals surface area contributed by atoms with Crippen molar-refractivity contribution in [1.82, 2.24) is 0 Å². The van der Waals surface area contributed by atoms with Crippen molar-refractivity contribution in [3.05, 3.63) is 120 Å². The van der Waals surface area contributed by atoms with Crippen LogP contribution in [0.3, 0.4) is 0 Å². The van der Waals surface area contributed by atoms with E-state index in [1.807, 2.05) is 0 Å². The predicted molar refractivity (Wildman–Crippen MR) is 151 cm³/mol. The van der Waals surface area contributed by atoms with Gasteiger partial charge >= 0.3 is 0 Å². The molecule has 0 aliphatic heterocycles. The van der Waals surface area contributed by atoms with Crippen molar-refractivity contribution in [2.75, 3.05) is 0 Å². The first-order valence-corrected chi connectivity index (χ1v) is 12.4. The first-order chi connectivity index (χ1) is 17.1. The third kappa shape index (κ3) is 2.87. The number of rotatable bonds is 2. The Bertz CT molecular complexity index is 1780. The summed E-state index contributed by atoms with van der Waals surface area (Å²) in [5.74, 6) is 0. The Morgan fingerprint density at radius 3 is 1.51 bits per heavy atom. The molecule has 6 aromatic carbocycles. The first-order valence-electron chi connectivity index (χ1n) is 12.4. The second-order valence-electron chi connectivity index (χ2n) is 9.94. The van der Waals surface area contributed by atoms with Crippen molar-refractivity contribution in [2.24, 2.45) is 0 Å². The maximum Gasteiger partial charge on any atom is -0.000732 e. The molecule has 166 valence electrons. The van der Waals surface area contributed by atoms with Crippen molar-refractivity contribution in [1.29, 1.82) is 0 Å². The summed E-state index contributed by atoms with van der Waals surface area (Å²) in [6.45, 7) is 6.58. The van der Waals surface area contributed by atoms with E-state index in [0.29, 0.717) is 0 Å². The molecule has 0 amide bonds. The molecular formula is C35H26. The van der Waals surface area contributed by atoms with Crippen molar-refractivity contribution in [3.8, 4) is 44.5 Å². The third-order valence-electron chi connectivity index (χ3n) is 7.67. The smallest absolute Gasteiger partial charge is 0.000732 e. The Labute approximate surface area is 206 Å². The van der Waals surface area contributed by atoms with Crippen LogP contribution in [-0.4, -0.2) is 0 Å². The van der Waals surface area contributed by atoms with Gasteiger partial charge in [0.05, 0.1) is 0 Å². The van der Waals surface area contributed by atoms with Crippen LogP contribution in [0, 0.1) is 20.8 Å². The summed E-state index contributed by atoms with van der Waals surface area (Å²) in [5.41, 5.74) is 14.6. The molecule has 0 fully saturated rings. The molecule has 0 nitrogen and oxygen atoms in total. The highest BCUT2D eigenvalue weighted by molar-refractivity contribution is 6.27. The fourth-order valence-corrected chi connectivity index (χ4v) is 6.04. The lowest BCUT2D eigenvalue weighted by Crippen LogP contribution is -1.95. The topological polar surface area (TPSA) is 0 Å². The monoisotopic (exact) mass is 446 g/mol. The summed E-state index contributed by atoms with van der Waals surface area (Å²) in [4.78, 5) is 0. The lowest BCUT2D eigenvalue weighted by molar-refractivity contribution is 1.46. The van der Waals surface area contributed by atoms with Gasteiger partial charge in [-0.05, 0) is 92.4 Å².